The monoisotopic (exact) mass is 346 g/mol. The third kappa shape index (κ3) is 4.00. The summed E-state index contributed by atoms with van der Waals surface area (Å²) in [6.45, 7) is 1.35. The van der Waals surface area contributed by atoms with E-state index >= 15 is 0 Å². The summed E-state index contributed by atoms with van der Waals surface area (Å²) in [5.74, 6) is 0.0163. The molecule has 122 valence electrons. The molecule has 1 heterocycles. The number of rotatable bonds is 4. The quantitative estimate of drug-likeness (QED) is 0.387. The highest BCUT2D eigenvalue weighted by molar-refractivity contribution is 7.11. The molecule has 5 heteroatoms. The lowest BCUT2D eigenvalue weighted by atomic mass is 10.1. The van der Waals surface area contributed by atoms with E-state index in [1.165, 1.54) is 18.3 Å². The van der Waals surface area contributed by atoms with E-state index in [0.29, 0.717) is 21.9 Å². The summed E-state index contributed by atoms with van der Waals surface area (Å²) in [6.07, 6.45) is 1.69. The average molecular weight is 346 g/mol. The van der Waals surface area contributed by atoms with Gasteiger partial charge in [-0.2, -0.15) is 5.26 Å². The minimum Gasteiger partial charge on any atom is -0.426 e. The molecular formula is C20H14N2O2S. The van der Waals surface area contributed by atoms with E-state index in [-0.39, 0.29) is 0 Å². The molecular weight excluding hydrogens is 332 g/mol. The summed E-state index contributed by atoms with van der Waals surface area (Å²) < 4.78 is 5.19. The molecule has 3 rings (SSSR count). The molecule has 0 spiro atoms. The van der Waals surface area contributed by atoms with Gasteiger partial charge in [-0.1, -0.05) is 48.5 Å². The van der Waals surface area contributed by atoms with Gasteiger partial charge in [-0.25, -0.2) is 4.98 Å². The summed E-state index contributed by atoms with van der Waals surface area (Å²) in [6, 6.07) is 19.1. The predicted octanol–water partition coefficient (Wildman–Crippen LogP) is 4.80. The zero-order valence-corrected chi connectivity index (χ0v) is 14.3. The lowest BCUT2D eigenvalue weighted by Crippen LogP contribution is -2.02. The van der Waals surface area contributed by atoms with Gasteiger partial charge in [0.1, 0.15) is 16.8 Å². The number of carbonyl (C=O) groups excluding carboxylic acids is 1. The van der Waals surface area contributed by atoms with Gasteiger partial charge in [0.15, 0.2) is 0 Å². The van der Waals surface area contributed by atoms with E-state index < -0.39 is 5.97 Å². The molecule has 0 fully saturated rings. The van der Waals surface area contributed by atoms with Crippen molar-refractivity contribution in [3.63, 3.8) is 0 Å². The topological polar surface area (TPSA) is 63.0 Å². The Labute approximate surface area is 149 Å². The van der Waals surface area contributed by atoms with Crippen molar-refractivity contribution < 1.29 is 9.53 Å². The number of hydrogen-bond donors (Lipinski definition) is 0. The molecule has 0 aliphatic carbocycles. The number of aromatic nitrogens is 1. The van der Waals surface area contributed by atoms with Crippen LogP contribution in [0.2, 0.25) is 0 Å². The van der Waals surface area contributed by atoms with Crippen LogP contribution in [0.3, 0.4) is 0 Å². The number of ether oxygens (including phenoxy) is 1. The van der Waals surface area contributed by atoms with E-state index in [1.54, 1.807) is 24.3 Å². The molecule has 0 bridgehead atoms. The van der Waals surface area contributed by atoms with Crippen LogP contribution >= 0.6 is 11.3 Å². The summed E-state index contributed by atoms with van der Waals surface area (Å²) in [5.41, 5.74) is 2.91. The second-order valence-corrected chi connectivity index (χ2v) is 6.06. The molecule has 0 atom stereocenters. The Bertz CT molecular complexity index is 969. The van der Waals surface area contributed by atoms with Gasteiger partial charge in [0, 0.05) is 23.4 Å². The second-order valence-electron chi connectivity index (χ2n) is 5.21. The first kappa shape index (κ1) is 16.6. The highest BCUT2D eigenvalue weighted by Crippen LogP contribution is 2.29. The molecule has 0 aliphatic rings. The average Bonchev–Trinajstić information content (AvgIpc) is 3.11. The molecule has 0 saturated carbocycles. The van der Waals surface area contributed by atoms with Crippen molar-refractivity contribution >= 4 is 29.0 Å². The number of nitriles is 1. The Morgan fingerprint density at radius 3 is 2.60 bits per heavy atom. The Balaban J connectivity index is 1.97. The first-order valence-corrected chi connectivity index (χ1v) is 8.46. The van der Waals surface area contributed by atoms with Crippen molar-refractivity contribution in [2.45, 2.75) is 6.92 Å². The zero-order valence-electron chi connectivity index (χ0n) is 13.5. The van der Waals surface area contributed by atoms with Gasteiger partial charge < -0.3 is 4.74 Å². The standard InChI is InChI=1S/C20H14N2O2S/c1-14(23)24-19-10-6-5-9-16(19)11-17(12-21)20-22-18(13-25-20)15-7-3-2-4-8-15/h2-11,13H,1H3/b17-11+. The fraction of sp³-hybridized carbons (Fsp3) is 0.0500. The molecule has 2 aromatic carbocycles. The van der Waals surface area contributed by atoms with Crippen LogP contribution in [0.5, 0.6) is 5.75 Å². The van der Waals surface area contributed by atoms with Gasteiger partial charge in [0.25, 0.3) is 0 Å². The Kier molecular flexibility index (Phi) is 5.03. The molecule has 4 nitrogen and oxygen atoms in total. The fourth-order valence-corrected chi connectivity index (χ4v) is 3.08. The van der Waals surface area contributed by atoms with E-state index in [2.05, 4.69) is 11.1 Å². The minimum absolute atomic E-state index is 0.403. The van der Waals surface area contributed by atoms with Crippen molar-refractivity contribution in [1.29, 1.82) is 5.26 Å². The van der Waals surface area contributed by atoms with Crippen LogP contribution in [0.1, 0.15) is 17.5 Å². The minimum atomic E-state index is -0.403. The van der Waals surface area contributed by atoms with Crippen LogP contribution in [-0.2, 0) is 4.79 Å². The Morgan fingerprint density at radius 1 is 1.16 bits per heavy atom. The lowest BCUT2D eigenvalue weighted by molar-refractivity contribution is -0.131. The maximum absolute atomic E-state index is 11.2. The summed E-state index contributed by atoms with van der Waals surface area (Å²) in [5, 5.41) is 12.1. The smallest absolute Gasteiger partial charge is 0.308 e. The third-order valence-electron chi connectivity index (χ3n) is 3.40. The highest BCUT2D eigenvalue weighted by Gasteiger charge is 2.11. The predicted molar refractivity (Wildman–Crippen MR) is 98.8 cm³/mol. The van der Waals surface area contributed by atoms with Crippen LogP contribution < -0.4 is 4.74 Å². The van der Waals surface area contributed by atoms with Crippen LogP contribution in [0.15, 0.2) is 60.0 Å². The number of benzene rings is 2. The van der Waals surface area contributed by atoms with Crippen molar-refractivity contribution in [1.82, 2.24) is 4.98 Å². The molecule has 0 saturated heterocycles. The van der Waals surface area contributed by atoms with Crippen LogP contribution in [0.25, 0.3) is 22.9 Å². The summed E-state index contributed by atoms with van der Waals surface area (Å²) in [7, 11) is 0. The number of para-hydroxylation sites is 1. The van der Waals surface area contributed by atoms with Crippen molar-refractivity contribution in [3.05, 3.63) is 70.5 Å². The van der Waals surface area contributed by atoms with Crippen LogP contribution in [0.4, 0.5) is 0 Å². The number of thiazole rings is 1. The van der Waals surface area contributed by atoms with Gasteiger partial charge in [0.05, 0.1) is 11.3 Å². The second kappa shape index (κ2) is 7.56. The van der Waals surface area contributed by atoms with E-state index in [9.17, 15) is 10.1 Å². The van der Waals surface area contributed by atoms with Gasteiger partial charge in [-0.3, -0.25) is 4.79 Å². The molecule has 25 heavy (non-hydrogen) atoms. The molecule has 0 aliphatic heterocycles. The molecule has 0 amide bonds. The molecule has 1 aromatic heterocycles. The number of carbonyl (C=O) groups is 1. The van der Waals surface area contributed by atoms with E-state index in [4.69, 9.17) is 4.74 Å². The largest absolute Gasteiger partial charge is 0.426 e. The van der Waals surface area contributed by atoms with Crippen molar-refractivity contribution in [2.24, 2.45) is 0 Å². The van der Waals surface area contributed by atoms with Crippen LogP contribution in [0, 0.1) is 11.3 Å². The molecule has 0 radical (unpaired) electrons. The lowest BCUT2D eigenvalue weighted by Gasteiger charge is -2.05. The van der Waals surface area contributed by atoms with Crippen LogP contribution in [-0.4, -0.2) is 11.0 Å². The number of hydrogen-bond acceptors (Lipinski definition) is 5. The summed E-state index contributed by atoms with van der Waals surface area (Å²) in [4.78, 5) is 15.8. The fourth-order valence-electron chi connectivity index (χ4n) is 2.28. The van der Waals surface area contributed by atoms with Crippen molar-refractivity contribution in [3.8, 4) is 23.1 Å². The van der Waals surface area contributed by atoms with E-state index in [0.717, 1.165) is 11.3 Å². The highest BCUT2D eigenvalue weighted by atomic mass is 32.1. The molecule has 3 aromatic rings. The maximum atomic E-state index is 11.2. The first-order chi connectivity index (χ1) is 12.2. The van der Waals surface area contributed by atoms with Gasteiger partial charge >= 0.3 is 5.97 Å². The van der Waals surface area contributed by atoms with E-state index in [1.807, 2.05) is 41.8 Å². The Morgan fingerprint density at radius 2 is 1.88 bits per heavy atom. The van der Waals surface area contributed by atoms with Gasteiger partial charge in [-0.15, -0.1) is 11.3 Å². The van der Waals surface area contributed by atoms with Gasteiger partial charge in [0.2, 0.25) is 0 Å². The summed E-state index contributed by atoms with van der Waals surface area (Å²) >= 11 is 1.41. The third-order valence-corrected chi connectivity index (χ3v) is 4.27. The SMILES string of the molecule is CC(=O)Oc1ccccc1/C=C(\C#N)c1nc(-c2ccccc2)cs1. The van der Waals surface area contributed by atoms with Crippen molar-refractivity contribution in [2.75, 3.05) is 0 Å². The number of esters is 1. The normalized spacial score (nSPS) is 11.0. The first-order valence-electron chi connectivity index (χ1n) is 7.58. The number of nitrogens with zero attached hydrogens (tertiary/aromatic N) is 2. The Hall–Kier alpha value is -3.23. The maximum Gasteiger partial charge on any atom is 0.308 e. The molecule has 0 unspecified atom stereocenters. The van der Waals surface area contributed by atoms with Gasteiger partial charge in [-0.05, 0) is 12.1 Å². The molecule has 0 N–H and O–H groups in total. The zero-order chi connectivity index (χ0) is 17.6. The number of allylic oxidation sites excluding steroid dienone is 1.